The molecule has 0 spiro atoms. The van der Waals surface area contributed by atoms with Gasteiger partial charge in [0.1, 0.15) is 11.7 Å². The summed E-state index contributed by atoms with van der Waals surface area (Å²) in [6.45, 7) is 1.77. The molecule has 2 aromatic rings. The molecule has 10 heteroatoms. The van der Waals surface area contributed by atoms with Gasteiger partial charge in [-0.15, -0.1) is 11.3 Å². The van der Waals surface area contributed by atoms with Crippen LogP contribution in [0.5, 0.6) is 0 Å². The van der Waals surface area contributed by atoms with E-state index in [2.05, 4.69) is 15.6 Å². The molecule has 2 aliphatic rings. The van der Waals surface area contributed by atoms with Crippen LogP contribution in [0.25, 0.3) is 0 Å². The van der Waals surface area contributed by atoms with Gasteiger partial charge in [0.05, 0.1) is 16.8 Å². The van der Waals surface area contributed by atoms with Crippen LogP contribution in [-0.2, 0) is 9.53 Å². The van der Waals surface area contributed by atoms with Crippen molar-refractivity contribution in [1.82, 2.24) is 15.2 Å². The molecule has 2 amide bonds. The van der Waals surface area contributed by atoms with Gasteiger partial charge in [0, 0.05) is 30.1 Å². The molecule has 0 bridgehead atoms. The molecule has 2 saturated heterocycles. The van der Waals surface area contributed by atoms with Crippen LogP contribution < -0.4 is 10.6 Å². The van der Waals surface area contributed by atoms with E-state index in [1.807, 2.05) is 0 Å². The SMILES string of the molecule is O=C(NCC1CCCO1)C1CCCCN1C(=O)c1csc(Nc2cc(Cl)ccc2Cl)n1. The molecule has 4 rings (SSSR count). The van der Waals surface area contributed by atoms with Crippen molar-refractivity contribution in [2.24, 2.45) is 0 Å². The zero-order valence-corrected chi connectivity index (χ0v) is 19.2. The van der Waals surface area contributed by atoms with Crippen molar-refractivity contribution in [3.8, 4) is 0 Å². The number of nitrogens with zero attached hydrogens (tertiary/aromatic N) is 2. The Morgan fingerprint density at radius 1 is 1.23 bits per heavy atom. The Balaban J connectivity index is 1.42. The lowest BCUT2D eigenvalue weighted by atomic mass is 10.0. The van der Waals surface area contributed by atoms with Crippen molar-refractivity contribution in [2.75, 3.05) is 25.0 Å². The van der Waals surface area contributed by atoms with E-state index in [0.29, 0.717) is 46.1 Å². The van der Waals surface area contributed by atoms with Crippen molar-refractivity contribution in [2.45, 2.75) is 44.2 Å². The number of halogens is 2. The fourth-order valence-corrected chi connectivity index (χ4v) is 4.90. The smallest absolute Gasteiger partial charge is 0.274 e. The molecule has 7 nitrogen and oxygen atoms in total. The van der Waals surface area contributed by atoms with Crippen molar-refractivity contribution in [1.29, 1.82) is 0 Å². The van der Waals surface area contributed by atoms with Crippen LogP contribution in [-0.4, -0.2) is 53.5 Å². The topological polar surface area (TPSA) is 83.6 Å². The predicted octanol–water partition coefficient (Wildman–Crippen LogP) is 4.48. The summed E-state index contributed by atoms with van der Waals surface area (Å²) < 4.78 is 5.57. The molecule has 31 heavy (non-hydrogen) atoms. The third-order valence-electron chi connectivity index (χ3n) is 5.49. The number of rotatable bonds is 6. The lowest BCUT2D eigenvalue weighted by Crippen LogP contribution is -2.52. The van der Waals surface area contributed by atoms with Gasteiger partial charge in [0.15, 0.2) is 5.13 Å². The van der Waals surface area contributed by atoms with Crippen LogP contribution >= 0.6 is 34.5 Å². The number of hydrogen-bond acceptors (Lipinski definition) is 6. The normalized spacial score (nSPS) is 21.2. The number of carbonyl (C=O) groups is 2. The third-order valence-corrected chi connectivity index (χ3v) is 6.81. The van der Waals surface area contributed by atoms with Crippen molar-refractivity contribution < 1.29 is 14.3 Å². The largest absolute Gasteiger partial charge is 0.376 e. The molecule has 0 radical (unpaired) electrons. The first kappa shape index (κ1) is 22.3. The lowest BCUT2D eigenvalue weighted by molar-refractivity contribution is -0.127. The maximum Gasteiger partial charge on any atom is 0.274 e. The van der Waals surface area contributed by atoms with Crippen LogP contribution in [0.15, 0.2) is 23.6 Å². The van der Waals surface area contributed by atoms with E-state index >= 15 is 0 Å². The van der Waals surface area contributed by atoms with Gasteiger partial charge < -0.3 is 20.3 Å². The van der Waals surface area contributed by atoms with Gasteiger partial charge in [-0.05, 0) is 50.3 Å². The zero-order chi connectivity index (χ0) is 21.8. The molecule has 0 saturated carbocycles. The molecule has 2 fully saturated rings. The van der Waals surface area contributed by atoms with Crippen molar-refractivity contribution in [3.63, 3.8) is 0 Å². The number of aromatic nitrogens is 1. The highest BCUT2D eigenvalue weighted by molar-refractivity contribution is 7.14. The van der Waals surface area contributed by atoms with E-state index in [9.17, 15) is 9.59 Å². The van der Waals surface area contributed by atoms with Gasteiger partial charge >= 0.3 is 0 Å². The number of carbonyl (C=O) groups excluding carboxylic acids is 2. The molecule has 3 heterocycles. The zero-order valence-electron chi connectivity index (χ0n) is 16.9. The summed E-state index contributed by atoms with van der Waals surface area (Å²) in [5, 5.41) is 9.35. The molecular formula is C21H24Cl2N4O3S. The average Bonchev–Trinajstić information content (AvgIpc) is 3.46. The Kier molecular flexibility index (Phi) is 7.32. The number of amides is 2. The number of thiazole rings is 1. The highest BCUT2D eigenvalue weighted by atomic mass is 35.5. The van der Waals surface area contributed by atoms with Gasteiger partial charge in [-0.3, -0.25) is 9.59 Å². The molecule has 2 unspecified atom stereocenters. The maximum atomic E-state index is 13.2. The molecule has 2 atom stereocenters. The Hall–Kier alpha value is -1.87. The molecular weight excluding hydrogens is 459 g/mol. The number of piperidine rings is 1. The fourth-order valence-electron chi connectivity index (χ4n) is 3.87. The quantitative estimate of drug-likeness (QED) is 0.633. The monoisotopic (exact) mass is 482 g/mol. The number of hydrogen-bond donors (Lipinski definition) is 2. The highest BCUT2D eigenvalue weighted by Crippen LogP contribution is 2.30. The number of benzene rings is 1. The number of anilines is 2. The summed E-state index contributed by atoms with van der Waals surface area (Å²) >= 11 is 13.5. The van der Waals surface area contributed by atoms with Gasteiger partial charge in [0.25, 0.3) is 5.91 Å². The first-order valence-electron chi connectivity index (χ1n) is 10.4. The first-order chi connectivity index (χ1) is 15.0. The van der Waals surface area contributed by atoms with Crippen LogP contribution in [0.3, 0.4) is 0 Å². The molecule has 2 N–H and O–H groups in total. The van der Waals surface area contributed by atoms with Gasteiger partial charge in [-0.1, -0.05) is 23.2 Å². The molecule has 1 aromatic heterocycles. The van der Waals surface area contributed by atoms with Gasteiger partial charge in [0.2, 0.25) is 5.91 Å². The van der Waals surface area contributed by atoms with Crippen LogP contribution in [0.1, 0.15) is 42.6 Å². The molecule has 0 aliphatic carbocycles. The van der Waals surface area contributed by atoms with E-state index in [0.717, 1.165) is 32.3 Å². The van der Waals surface area contributed by atoms with E-state index in [1.165, 1.54) is 11.3 Å². The van der Waals surface area contributed by atoms with E-state index in [4.69, 9.17) is 27.9 Å². The number of likely N-dealkylation sites (tertiary alicyclic amines) is 1. The van der Waals surface area contributed by atoms with Crippen LogP contribution in [0.2, 0.25) is 10.0 Å². The summed E-state index contributed by atoms with van der Waals surface area (Å²) in [5.74, 6) is -0.360. The van der Waals surface area contributed by atoms with Crippen molar-refractivity contribution >= 4 is 57.2 Å². The fraction of sp³-hybridized carbons (Fsp3) is 0.476. The summed E-state index contributed by atoms with van der Waals surface area (Å²) in [5.41, 5.74) is 0.927. The number of nitrogens with one attached hydrogen (secondary N) is 2. The second kappa shape index (κ2) is 10.2. The summed E-state index contributed by atoms with van der Waals surface area (Å²) in [6, 6.07) is 4.61. The summed E-state index contributed by atoms with van der Waals surface area (Å²) in [6.07, 6.45) is 4.49. The predicted molar refractivity (Wildman–Crippen MR) is 123 cm³/mol. The van der Waals surface area contributed by atoms with E-state index in [1.54, 1.807) is 28.5 Å². The third kappa shape index (κ3) is 5.49. The first-order valence-corrected chi connectivity index (χ1v) is 12.0. The molecule has 1 aromatic carbocycles. The van der Waals surface area contributed by atoms with Gasteiger partial charge in [-0.25, -0.2) is 4.98 Å². The van der Waals surface area contributed by atoms with Gasteiger partial charge in [-0.2, -0.15) is 0 Å². The minimum Gasteiger partial charge on any atom is -0.376 e. The Morgan fingerprint density at radius 3 is 2.90 bits per heavy atom. The second-order valence-electron chi connectivity index (χ2n) is 7.68. The Labute approximate surface area is 195 Å². The molecule has 166 valence electrons. The van der Waals surface area contributed by atoms with Crippen LogP contribution in [0.4, 0.5) is 10.8 Å². The van der Waals surface area contributed by atoms with E-state index < -0.39 is 6.04 Å². The highest BCUT2D eigenvalue weighted by Gasteiger charge is 2.34. The lowest BCUT2D eigenvalue weighted by Gasteiger charge is -2.34. The summed E-state index contributed by atoms with van der Waals surface area (Å²) in [7, 11) is 0. The van der Waals surface area contributed by atoms with E-state index in [-0.39, 0.29) is 17.9 Å². The summed E-state index contributed by atoms with van der Waals surface area (Å²) in [4.78, 5) is 32.0. The van der Waals surface area contributed by atoms with Crippen molar-refractivity contribution in [3.05, 3.63) is 39.3 Å². The Morgan fingerprint density at radius 2 is 2.10 bits per heavy atom. The standard InChI is InChI=1S/C21H24Cl2N4O3S/c22-13-6-7-15(23)16(10-13)25-21-26-17(12-31-21)20(29)27-8-2-1-5-18(27)19(28)24-11-14-4-3-9-30-14/h6-7,10,12,14,18H,1-5,8-9,11H2,(H,24,28)(H,25,26). The average molecular weight is 483 g/mol. The second-order valence-corrected chi connectivity index (χ2v) is 9.38. The molecule has 2 aliphatic heterocycles. The minimum atomic E-state index is -0.483. The minimum absolute atomic E-state index is 0.0715. The Bertz CT molecular complexity index is 948. The number of ether oxygens (including phenoxy) is 1. The maximum absolute atomic E-state index is 13.2. The van der Waals surface area contributed by atoms with Crippen LogP contribution in [0, 0.1) is 0 Å².